The number of carbonyl (C=O) groups is 1. The van der Waals surface area contributed by atoms with Gasteiger partial charge < -0.3 is 4.74 Å². The van der Waals surface area contributed by atoms with E-state index in [4.69, 9.17) is 0 Å². The molecule has 0 saturated heterocycles. The first kappa shape index (κ1) is 9.66. The van der Waals surface area contributed by atoms with Crippen LogP contribution in [0.4, 0.5) is 5.00 Å². The molecule has 70 valence electrons. The molecule has 0 aromatic carbocycles. The second kappa shape index (κ2) is 3.99. The van der Waals surface area contributed by atoms with E-state index >= 15 is 0 Å². The number of hydrogen-bond donors (Lipinski definition) is 0. The number of nitrogens with zero attached hydrogens (tertiary/aromatic N) is 1. The largest absolute Gasteiger partial charge is 0.460 e. The van der Waals surface area contributed by atoms with Crippen LogP contribution in [0.2, 0.25) is 0 Å². The highest BCUT2D eigenvalue weighted by molar-refractivity contribution is 7.15. The molecule has 5 nitrogen and oxygen atoms in total. The van der Waals surface area contributed by atoms with E-state index in [9.17, 15) is 14.9 Å². The first-order valence-corrected chi connectivity index (χ1v) is 4.27. The van der Waals surface area contributed by atoms with Crippen molar-refractivity contribution in [3.63, 3.8) is 0 Å². The molecule has 0 aliphatic carbocycles. The molecule has 1 aromatic rings. The van der Waals surface area contributed by atoms with Crippen molar-refractivity contribution < 1.29 is 14.5 Å². The van der Waals surface area contributed by atoms with Crippen LogP contribution < -0.4 is 0 Å². The van der Waals surface area contributed by atoms with Crippen molar-refractivity contribution >= 4 is 22.3 Å². The van der Waals surface area contributed by atoms with Gasteiger partial charge in [-0.1, -0.05) is 11.3 Å². The summed E-state index contributed by atoms with van der Waals surface area (Å²) >= 11 is 1.01. The number of hydrogen-bond acceptors (Lipinski definition) is 5. The molecular weight excluding hydrogens is 194 g/mol. The summed E-state index contributed by atoms with van der Waals surface area (Å²) in [5.74, 6) is -0.393. The maximum absolute atomic E-state index is 10.4. The quantitative estimate of drug-likeness (QED) is 0.424. The van der Waals surface area contributed by atoms with E-state index in [0.29, 0.717) is 4.88 Å². The van der Waals surface area contributed by atoms with Gasteiger partial charge in [-0.05, 0) is 6.07 Å². The Bertz CT molecular complexity index is 333. The van der Waals surface area contributed by atoms with Crippen molar-refractivity contribution in [3.8, 4) is 0 Å². The molecule has 13 heavy (non-hydrogen) atoms. The fourth-order valence-corrected chi connectivity index (χ4v) is 1.45. The first-order valence-electron chi connectivity index (χ1n) is 3.46. The average molecular weight is 201 g/mol. The van der Waals surface area contributed by atoms with Crippen LogP contribution in [-0.4, -0.2) is 10.9 Å². The third-order valence-corrected chi connectivity index (χ3v) is 2.26. The molecule has 6 heteroatoms. The standard InChI is InChI=1S/C7H7NO4S/c1-5(9)12-4-6-2-3-7(13-6)8(10)11/h2-3H,4H2,1H3. The van der Waals surface area contributed by atoms with E-state index in [-0.39, 0.29) is 11.6 Å². The summed E-state index contributed by atoms with van der Waals surface area (Å²) in [5, 5.41) is 10.3. The minimum atomic E-state index is -0.470. The second-order valence-electron chi connectivity index (χ2n) is 2.28. The minimum absolute atomic E-state index is 0.0575. The maximum atomic E-state index is 10.4. The molecule has 0 amide bonds. The van der Waals surface area contributed by atoms with Crippen LogP contribution in [0, 0.1) is 10.1 Å². The average Bonchev–Trinajstić information content (AvgIpc) is 2.48. The molecule has 1 rings (SSSR count). The van der Waals surface area contributed by atoms with E-state index in [1.807, 2.05) is 0 Å². The van der Waals surface area contributed by atoms with E-state index in [1.165, 1.54) is 13.0 Å². The maximum Gasteiger partial charge on any atom is 0.324 e. The Kier molecular flexibility index (Phi) is 2.97. The van der Waals surface area contributed by atoms with Gasteiger partial charge in [0.05, 0.1) is 4.92 Å². The lowest BCUT2D eigenvalue weighted by Gasteiger charge is -1.95. The highest BCUT2D eigenvalue weighted by Gasteiger charge is 2.09. The van der Waals surface area contributed by atoms with Crippen LogP contribution in [0.3, 0.4) is 0 Å². The van der Waals surface area contributed by atoms with Gasteiger partial charge in [0, 0.05) is 17.9 Å². The monoisotopic (exact) mass is 201 g/mol. The normalized spacial score (nSPS) is 9.62. The molecule has 0 saturated carbocycles. The van der Waals surface area contributed by atoms with Gasteiger partial charge in [0.25, 0.3) is 0 Å². The van der Waals surface area contributed by atoms with E-state index in [1.54, 1.807) is 6.07 Å². The summed E-state index contributed by atoms with van der Waals surface area (Å²) in [4.78, 5) is 20.9. The fraction of sp³-hybridized carbons (Fsp3) is 0.286. The van der Waals surface area contributed by atoms with Gasteiger partial charge in [0.15, 0.2) is 0 Å². The summed E-state index contributed by atoms with van der Waals surface area (Å²) in [6.45, 7) is 1.40. The Morgan fingerprint density at radius 2 is 2.38 bits per heavy atom. The van der Waals surface area contributed by atoms with Gasteiger partial charge in [0.1, 0.15) is 6.61 Å². The highest BCUT2D eigenvalue weighted by Crippen LogP contribution is 2.24. The molecule has 0 aliphatic rings. The van der Waals surface area contributed by atoms with Crippen LogP contribution in [0.5, 0.6) is 0 Å². The number of nitro groups is 1. The molecule has 0 atom stereocenters. The molecule has 1 heterocycles. The van der Waals surface area contributed by atoms with Gasteiger partial charge in [-0.2, -0.15) is 0 Å². The topological polar surface area (TPSA) is 69.4 Å². The van der Waals surface area contributed by atoms with Crippen molar-refractivity contribution in [2.45, 2.75) is 13.5 Å². The van der Waals surface area contributed by atoms with Gasteiger partial charge in [0.2, 0.25) is 0 Å². The SMILES string of the molecule is CC(=O)OCc1ccc([N+](=O)[O-])s1. The number of ether oxygens (including phenoxy) is 1. The number of thiophene rings is 1. The smallest absolute Gasteiger partial charge is 0.324 e. The summed E-state index contributed by atoms with van der Waals surface area (Å²) in [7, 11) is 0. The third-order valence-electron chi connectivity index (χ3n) is 1.25. The minimum Gasteiger partial charge on any atom is -0.460 e. The number of esters is 1. The Hall–Kier alpha value is -1.43. The van der Waals surface area contributed by atoms with Gasteiger partial charge >= 0.3 is 11.0 Å². The van der Waals surface area contributed by atoms with Gasteiger partial charge in [-0.15, -0.1) is 0 Å². The summed E-state index contributed by atoms with van der Waals surface area (Å²) < 4.78 is 4.67. The molecule has 0 N–H and O–H groups in total. The Labute approximate surface area is 78.1 Å². The third kappa shape index (κ3) is 2.83. The highest BCUT2D eigenvalue weighted by atomic mass is 32.1. The first-order chi connectivity index (χ1) is 6.09. The van der Waals surface area contributed by atoms with Crippen molar-refractivity contribution in [2.24, 2.45) is 0 Å². The van der Waals surface area contributed by atoms with E-state index < -0.39 is 10.9 Å². The lowest BCUT2D eigenvalue weighted by Crippen LogP contribution is -1.96. The summed E-state index contributed by atoms with van der Waals surface area (Å²) in [6.07, 6.45) is 0. The van der Waals surface area contributed by atoms with Crippen LogP contribution in [0.15, 0.2) is 12.1 Å². The van der Waals surface area contributed by atoms with Crippen molar-refractivity contribution in [1.29, 1.82) is 0 Å². The zero-order valence-corrected chi connectivity index (χ0v) is 7.67. The summed E-state index contributed by atoms with van der Waals surface area (Å²) in [5.41, 5.74) is 0. The lowest BCUT2D eigenvalue weighted by atomic mass is 10.5. The molecule has 1 aromatic heterocycles. The predicted molar refractivity (Wildman–Crippen MR) is 46.4 cm³/mol. The van der Waals surface area contributed by atoms with Crippen LogP contribution in [0.1, 0.15) is 11.8 Å². The van der Waals surface area contributed by atoms with E-state index in [0.717, 1.165) is 11.3 Å². The van der Waals surface area contributed by atoms with Crippen molar-refractivity contribution in [3.05, 3.63) is 27.1 Å². The van der Waals surface area contributed by atoms with Crippen LogP contribution >= 0.6 is 11.3 Å². The lowest BCUT2D eigenvalue weighted by molar-refractivity contribution is -0.380. The molecule has 0 fully saturated rings. The molecule has 0 radical (unpaired) electrons. The Morgan fingerprint density at radius 3 is 2.85 bits per heavy atom. The predicted octanol–water partition coefficient (Wildman–Crippen LogP) is 1.72. The molecule has 0 unspecified atom stereocenters. The van der Waals surface area contributed by atoms with Gasteiger partial charge in [-0.25, -0.2) is 0 Å². The van der Waals surface area contributed by atoms with E-state index in [2.05, 4.69) is 4.74 Å². The summed E-state index contributed by atoms with van der Waals surface area (Å²) in [6, 6.07) is 2.97. The molecule has 0 bridgehead atoms. The number of carbonyl (C=O) groups excluding carboxylic acids is 1. The second-order valence-corrected chi connectivity index (χ2v) is 3.42. The molecule has 0 aliphatic heterocycles. The van der Waals surface area contributed by atoms with Crippen LogP contribution in [0.25, 0.3) is 0 Å². The van der Waals surface area contributed by atoms with Crippen molar-refractivity contribution in [2.75, 3.05) is 0 Å². The Morgan fingerprint density at radius 1 is 1.69 bits per heavy atom. The van der Waals surface area contributed by atoms with Crippen LogP contribution in [-0.2, 0) is 16.1 Å². The van der Waals surface area contributed by atoms with Gasteiger partial charge in [-0.3, -0.25) is 14.9 Å². The molecular formula is C7H7NO4S. The Balaban J connectivity index is 2.59. The van der Waals surface area contributed by atoms with Crippen molar-refractivity contribution in [1.82, 2.24) is 0 Å². The zero-order chi connectivity index (χ0) is 9.84. The molecule has 0 spiro atoms. The number of rotatable bonds is 3. The fourth-order valence-electron chi connectivity index (χ4n) is 0.715. The zero-order valence-electron chi connectivity index (χ0n) is 6.85.